The Bertz CT molecular complexity index is 5480. The molecule has 0 amide bonds. The number of thioether (sulfide) groups is 2. The van der Waals surface area contributed by atoms with Gasteiger partial charge >= 0.3 is 5.97 Å². The number of rotatable bonds is 28. The van der Waals surface area contributed by atoms with Crippen molar-refractivity contribution < 1.29 is 30.0 Å². The maximum absolute atomic E-state index is 12.1. The molecule has 4 N–H and O–H groups in total. The van der Waals surface area contributed by atoms with Crippen LogP contribution in [0.2, 0.25) is 15.1 Å². The number of hydrogen-bond donors (Lipinski definition) is 5. The van der Waals surface area contributed by atoms with E-state index in [2.05, 4.69) is 123 Å². The van der Waals surface area contributed by atoms with Gasteiger partial charge in [0.25, 0.3) is 0 Å². The number of aliphatic hydroxyl groups is 3. The predicted octanol–water partition coefficient (Wildman–Crippen LogP) is 27.3. The SMILES string of the molecule is CC(=O)S[C@H](CCc1ccccc1C(C)(C)O)c1cccc(/C=C/c2ccc3ccc(Cl)cc3n2)c1.CC(C)(O)c1ccccc1CC[C@@H](S)c1cccc(/C=C/c2ccc3ccc(Cl)cc3n2)c1.CC(C)(O)c1ccccc1CC[C@@H](SCC1(CC(=O)O)CC1)c1cccc(/C=C/c2ccc3ccc(Cl)cc3n2)c1.CCC1(C)CC1. The fraction of sp³-hybridized carbons (Fsp3) is 0.297. The summed E-state index contributed by atoms with van der Waals surface area (Å²) >= 11 is 26.5. The number of fused-ring (bicyclic) bond motifs is 3. The van der Waals surface area contributed by atoms with E-state index in [1.807, 2.05) is 217 Å². The van der Waals surface area contributed by atoms with Gasteiger partial charge in [0.15, 0.2) is 5.12 Å². The lowest BCUT2D eigenvalue weighted by Crippen LogP contribution is -2.18. The van der Waals surface area contributed by atoms with Crippen molar-refractivity contribution in [3.8, 4) is 0 Å². The van der Waals surface area contributed by atoms with Gasteiger partial charge in [-0.15, -0.1) is 0 Å². The topological polar surface area (TPSA) is 154 Å². The standard InChI is InChI=1S/C35H36ClNO3S.C31H30ClNO2S.C29H28ClNOS.C6H12/c1-34(2,40)30-9-4-3-7-25(30)13-17-32(41-23-35(18-19-35)22-33(38)39)27-8-5-6-24(20-27)10-15-29-16-12-26-11-14-28(36)21-31(26)37-29;1-21(34)36-30(18-14-23-8-4-5-10-28(23)31(2,3)35)25-9-6-7-22(19-25)11-16-27-17-13-24-12-15-26(32)20-29(24)33-27;1-29(2,32)26-9-4-3-7-21(26)13-17-28(33)23-8-5-6-20(18-23)10-15-25-16-12-22-11-14-24(30)19-27(22)31-25;1-3-6(2)4-5-6/h3-12,14-16,20-21,32,40H,13,17-19,22-23H2,1-2H3,(H,38,39);4-13,15-17,19-20,30,35H,14,18H2,1-3H3;3-12,14-16,18-19,28,32-33H,13,17H2,1-2H3;3-5H2,1-2H3/b15-10+;16-11+;15-10+;/t32-;30-;28-;/m111./s1. The zero-order valence-electron chi connectivity index (χ0n) is 67.7. The lowest BCUT2D eigenvalue weighted by Gasteiger charge is -2.24. The molecule has 3 aromatic heterocycles. The summed E-state index contributed by atoms with van der Waals surface area (Å²) in [4.78, 5) is 37.7. The first-order valence-corrected chi connectivity index (χ1v) is 43.6. The van der Waals surface area contributed by atoms with Gasteiger partial charge in [0, 0.05) is 59.7 Å². The molecule has 9 aromatic carbocycles. The molecule has 0 bridgehead atoms. The summed E-state index contributed by atoms with van der Waals surface area (Å²) in [6.45, 7) is 17.2. The average Bonchev–Trinajstić information content (AvgIpc) is 1.62. The summed E-state index contributed by atoms with van der Waals surface area (Å²) in [5.74, 6) is 0.122. The van der Waals surface area contributed by atoms with Gasteiger partial charge in [0.2, 0.25) is 0 Å². The van der Waals surface area contributed by atoms with E-state index >= 15 is 0 Å². The molecule has 0 saturated heterocycles. The highest BCUT2D eigenvalue weighted by Crippen LogP contribution is 2.54. The van der Waals surface area contributed by atoms with Gasteiger partial charge in [-0.2, -0.15) is 24.4 Å². The number of aliphatic carboxylic acids is 1. The zero-order chi connectivity index (χ0) is 82.8. The number of pyridine rings is 3. The van der Waals surface area contributed by atoms with E-state index in [4.69, 9.17) is 62.4 Å². The van der Waals surface area contributed by atoms with Crippen LogP contribution in [0, 0.1) is 10.8 Å². The highest BCUT2D eigenvalue weighted by molar-refractivity contribution is 8.13. The van der Waals surface area contributed by atoms with E-state index in [1.165, 1.54) is 47.7 Å². The number of benzene rings is 9. The molecule has 2 fully saturated rings. The van der Waals surface area contributed by atoms with E-state index in [-0.39, 0.29) is 32.7 Å². The monoisotopic (exact) mass is 1660 g/mol. The van der Waals surface area contributed by atoms with E-state index in [0.717, 1.165) is 162 Å². The molecule has 116 heavy (non-hydrogen) atoms. The number of halogens is 3. The highest BCUT2D eigenvalue weighted by atomic mass is 35.5. The van der Waals surface area contributed by atoms with Gasteiger partial charge in [-0.1, -0.05) is 267 Å². The number of aromatic nitrogens is 3. The molecule has 2 aliphatic rings. The van der Waals surface area contributed by atoms with Crippen LogP contribution < -0.4 is 0 Å². The number of carboxylic acid groups (broad SMARTS) is 1. The first-order chi connectivity index (χ1) is 55.3. The third-order valence-corrected chi connectivity index (χ3v) is 25.7. The second-order valence-corrected chi connectivity index (χ2v) is 37.1. The Morgan fingerprint density at radius 3 is 1.16 bits per heavy atom. The van der Waals surface area contributed by atoms with Crippen molar-refractivity contribution in [3.63, 3.8) is 0 Å². The molecule has 0 unspecified atom stereocenters. The van der Waals surface area contributed by atoms with Crippen molar-refractivity contribution in [2.45, 2.75) is 172 Å². The van der Waals surface area contributed by atoms with E-state index in [1.54, 1.807) is 6.92 Å². The van der Waals surface area contributed by atoms with Gasteiger partial charge in [0.05, 0.1) is 56.9 Å². The van der Waals surface area contributed by atoms with Crippen LogP contribution in [0.1, 0.15) is 220 Å². The Morgan fingerprint density at radius 2 is 0.810 bits per heavy atom. The van der Waals surface area contributed by atoms with E-state index in [9.17, 15) is 30.0 Å². The third kappa shape index (κ3) is 26.4. The minimum absolute atomic E-state index is 0.0200. The van der Waals surface area contributed by atoms with E-state index in [0.29, 0.717) is 15.1 Å². The predicted molar refractivity (Wildman–Crippen MR) is 496 cm³/mol. The normalized spacial score (nSPS) is 14.5. The molecule has 12 aromatic rings. The zero-order valence-corrected chi connectivity index (χ0v) is 72.5. The van der Waals surface area contributed by atoms with Crippen molar-refractivity contribution in [1.29, 1.82) is 0 Å². The minimum Gasteiger partial charge on any atom is -0.481 e. The maximum Gasteiger partial charge on any atom is 0.303 e. The Hall–Kier alpha value is -8.63. The second-order valence-electron chi connectivity index (χ2n) is 32.6. The maximum atomic E-state index is 12.1. The number of hydrogen-bond acceptors (Lipinski definition) is 11. The summed E-state index contributed by atoms with van der Waals surface area (Å²) < 4.78 is 0. The van der Waals surface area contributed by atoms with Gasteiger partial charge in [-0.25, -0.2) is 15.0 Å². The molecule has 2 aliphatic carbocycles. The number of aryl methyl sites for hydroxylation is 3. The molecule has 3 atom stereocenters. The first-order valence-electron chi connectivity index (χ1n) is 40.0. The van der Waals surface area contributed by atoms with Gasteiger partial charge < -0.3 is 20.4 Å². The molecular formula is C101H106Cl3N3O6S3. The quantitative estimate of drug-likeness (QED) is 0.0298. The Morgan fingerprint density at radius 1 is 0.457 bits per heavy atom. The number of thiol groups is 1. The average molecular weight is 1660 g/mol. The summed E-state index contributed by atoms with van der Waals surface area (Å²) in [6.07, 6.45) is 23.8. The van der Waals surface area contributed by atoms with Gasteiger partial charge in [-0.05, 0) is 256 Å². The van der Waals surface area contributed by atoms with Crippen LogP contribution in [-0.4, -0.2) is 52.2 Å². The van der Waals surface area contributed by atoms with Gasteiger partial charge in [0.1, 0.15) is 0 Å². The van der Waals surface area contributed by atoms with Crippen molar-refractivity contribution in [3.05, 3.63) is 335 Å². The van der Waals surface area contributed by atoms with Crippen LogP contribution in [0.25, 0.3) is 69.2 Å². The molecule has 15 heteroatoms. The Balaban J connectivity index is 0.000000165. The number of carbonyl (C=O) groups excluding carboxylic acids is 1. The molecule has 0 radical (unpaired) electrons. The molecule has 2 saturated carbocycles. The van der Waals surface area contributed by atoms with Crippen molar-refractivity contribution in [2.75, 3.05) is 5.75 Å². The minimum atomic E-state index is -0.911. The van der Waals surface area contributed by atoms with Crippen molar-refractivity contribution in [2.24, 2.45) is 10.8 Å². The molecule has 14 rings (SSSR count). The van der Waals surface area contributed by atoms with Crippen LogP contribution >= 0.6 is 71.0 Å². The van der Waals surface area contributed by atoms with Gasteiger partial charge in [-0.3, -0.25) is 9.59 Å². The number of carbonyl (C=O) groups is 2. The second kappa shape index (κ2) is 40.2. The summed E-state index contributed by atoms with van der Waals surface area (Å²) in [5.41, 5.74) is 16.3. The molecule has 600 valence electrons. The van der Waals surface area contributed by atoms with Crippen LogP contribution in [0.15, 0.2) is 237 Å². The van der Waals surface area contributed by atoms with Crippen LogP contribution in [0.5, 0.6) is 0 Å². The largest absolute Gasteiger partial charge is 0.481 e. The van der Waals surface area contributed by atoms with Crippen molar-refractivity contribution >= 4 is 151 Å². The van der Waals surface area contributed by atoms with Crippen LogP contribution in [0.4, 0.5) is 0 Å². The molecule has 0 spiro atoms. The Labute approximate surface area is 714 Å². The molecular weight excluding hydrogens is 1550 g/mol. The van der Waals surface area contributed by atoms with E-state index < -0.39 is 22.8 Å². The highest BCUT2D eigenvalue weighted by Gasteiger charge is 2.45. The number of carboxylic acids is 1. The molecule has 3 heterocycles. The lowest BCUT2D eigenvalue weighted by molar-refractivity contribution is -0.138. The lowest BCUT2D eigenvalue weighted by atomic mass is 9.90. The molecule has 9 nitrogen and oxygen atoms in total. The third-order valence-electron chi connectivity index (χ3n) is 21.6. The smallest absolute Gasteiger partial charge is 0.303 e. The van der Waals surface area contributed by atoms with Crippen LogP contribution in [-0.2, 0) is 45.7 Å². The Kier molecular flexibility index (Phi) is 30.6. The fourth-order valence-electron chi connectivity index (χ4n) is 14.3. The summed E-state index contributed by atoms with van der Waals surface area (Å²) in [6, 6.07) is 78.8. The summed E-state index contributed by atoms with van der Waals surface area (Å²) in [7, 11) is 0. The fourth-order valence-corrected chi connectivity index (χ4v) is 17.6. The summed E-state index contributed by atoms with van der Waals surface area (Å²) in [5, 5.41) is 46.9. The molecule has 0 aliphatic heterocycles. The van der Waals surface area contributed by atoms with Crippen molar-refractivity contribution in [1.82, 2.24) is 15.0 Å². The number of nitrogens with zero attached hydrogens (tertiary/aromatic N) is 3. The van der Waals surface area contributed by atoms with Crippen LogP contribution in [0.3, 0.4) is 0 Å². The first kappa shape index (κ1) is 88.2.